The van der Waals surface area contributed by atoms with Gasteiger partial charge in [0.15, 0.2) is 0 Å². The van der Waals surface area contributed by atoms with Gasteiger partial charge in [-0.1, -0.05) is 0 Å². The minimum Gasteiger partial charge on any atom is -0.381 e. The molecule has 0 radical (unpaired) electrons. The van der Waals surface area contributed by atoms with Crippen molar-refractivity contribution in [1.82, 2.24) is 19.8 Å². The number of rotatable bonds is 4. The molecule has 4 aliphatic rings. The van der Waals surface area contributed by atoms with Gasteiger partial charge in [-0.05, 0) is 25.7 Å². The predicted molar refractivity (Wildman–Crippen MR) is 117 cm³/mol. The van der Waals surface area contributed by atoms with Crippen molar-refractivity contribution in [1.29, 1.82) is 0 Å². The Hall–Kier alpha value is -1.48. The first-order chi connectivity index (χ1) is 14.9. The predicted octanol–water partition coefficient (Wildman–Crippen LogP) is 1.08. The summed E-state index contributed by atoms with van der Waals surface area (Å²) in [7, 11) is 0. The number of anilines is 2. The number of ether oxygens (including phenoxy) is 2. The van der Waals surface area contributed by atoms with Crippen LogP contribution in [0.25, 0.3) is 0 Å². The molecule has 4 fully saturated rings. The van der Waals surface area contributed by atoms with E-state index in [9.17, 15) is 0 Å². The highest BCUT2D eigenvalue weighted by Gasteiger charge is 2.28. The third kappa shape index (κ3) is 4.72. The van der Waals surface area contributed by atoms with Crippen LogP contribution in [-0.2, 0) is 9.47 Å². The second-order valence-corrected chi connectivity index (χ2v) is 8.97. The van der Waals surface area contributed by atoms with E-state index in [1.54, 1.807) is 6.33 Å². The second kappa shape index (κ2) is 9.77. The van der Waals surface area contributed by atoms with Gasteiger partial charge < -0.3 is 19.3 Å². The fourth-order valence-corrected chi connectivity index (χ4v) is 5.42. The molecule has 0 aromatic carbocycles. The molecule has 0 spiro atoms. The van der Waals surface area contributed by atoms with Crippen LogP contribution in [0.3, 0.4) is 0 Å². The number of hydrogen-bond donors (Lipinski definition) is 0. The highest BCUT2D eigenvalue weighted by Crippen LogP contribution is 2.23. The standard InChI is InChI=1S/C22H36N6O2/c1-13-29-14-2-19(1)25-5-9-27(10-6-25)21-17-22(24-18-23-21)28-11-7-26(8-12-28)20-3-15-30-16-4-20/h17-20H,1-16H2. The first kappa shape index (κ1) is 20.4. The van der Waals surface area contributed by atoms with Gasteiger partial charge in [0.05, 0.1) is 0 Å². The smallest absolute Gasteiger partial charge is 0.134 e. The quantitative estimate of drug-likeness (QED) is 0.723. The van der Waals surface area contributed by atoms with E-state index in [4.69, 9.17) is 9.47 Å². The molecule has 8 heteroatoms. The van der Waals surface area contributed by atoms with Gasteiger partial charge in [0.1, 0.15) is 18.0 Å². The van der Waals surface area contributed by atoms with Gasteiger partial charge in [-0.25, -0.2) is 9.97 Å². The summed E-state index contributed by atoms with van der Waals surface area (Å²) in [6.07, 6.45) is 6.46. The topological polar surface area (TPSA) is 57.2 Å². The van der Waals surface area contributed by atoms with Crippen LogP contribution in [0.4, 0.5) is 11.6 Å². The number of nitrogens with zero attached hydrogens (tertiary/aromatic N) is 6. The lowest BCUT2D eigenvalue weighted by atomic mass is 10.1. The lowest BCUT2D eigenvalue weighted by Gasteiger charge is -2.42. The summed E-state index contributed by atoms with van der Waals surface area (Å²) in [4.78, 5) is 19.4. The fourth-order valence-electron chi connectivity index (χ4n) is 5.42. The molecule has 1 aromatic rings. The van der Waals surface area contributed by atoms with Crippen LogP contribution in [-0.4, -0.2) is 111 Å². The Morgan fingerprint density at radius 2 is 1.00 bits per heavy atom. The highest BCUT2D eigenvalue weighted by molar-refractivity contribution is 5.50. The molecule has 0 N–H and O–H groups in total. The molecule has 5 rings (SSSR count). The van der Waals surface area contributed by atoms with Crippen molar-refractivity contribution in [3.63, 3.8) is 0 Å². The van der Waals surface area contributed by atoms with Crippen LogP contribution in [0, 0.1) is 0 Å². The number of hydrogen-bond acceptors (Lipinski definition) is 8. The largest absolute Gasteiger partial charge is 0.381 e. The third-order valence-corrected chi connectivity index (χ3v) is 7.33. The van der Waals surface area contributed by atoms with Gasteiger partial charge in [0, 0.05) is 96.9 Å². The average Bonchev–Trinajstić information content (AvgIpc) is 2.85. The van der Waals surface area contributed by atoms with E-state index in [1.807, 2.05) is 0 Å². The van der Waals surface area contributed by atoms with Gasteiger partial charge >= 0.3 is 0 Å². The number of piperazine rings is 2. The van der Waals surface area contributed by atoms with Crippen LogP contribution in [0.15, 0.2) is 12.4 Å². The molecule has 30 heavy (non-hydrogen) atoms. The van der Waals surface area contributed by atoms with Gasteiger partial charge in [-0.2, -0.15) is 0 Å². The van der Waals surface area contributed by atoms with Gasteiger partial charge in [-0.3, -0.25) is 9.80 Å². The Kier molecular flexibility index (Phi) is 6.65. The van der Waals surface area contributed by atoms with E-state index in [1.165, 1.54) is 25.7 Å². The van der Waals surface area contributed by atoms with Crippen molar-refractivity contribution in [2.75, 3.05) is 88.6 Å². The molecular weight excluding hydrogens is 380 g/mol. The fraction of sp³-hybridized carbons (Fsp3) is 0.818. The lowest BCUT2D eigenvalue weighted by Crippen LogP contribution is -2.52. The van der Waals surface area contributed by atoms with E-state index < -0.39 is 0 Å². The Bertz CT molecular complexity index is 610. The molecule has 8 nitrogen and oxygen atoms in total. The van der Waals surface area contributed by atoms with Gasteiger partial charge in [0.25, 0.3) is 0 Å². The van der Waals surface area contributed by atoms with Crippen molar-refractivity contribution in [3.05, 3.63) is 12.4 Å². The molecule has 1 aromatic heterocycles. The summed E-state index contributed by atoms with van der Waals surface area (Å²) in [6, 6.07) is 3.61. The van der Waals surface area contributed by atoms with E-state index in [2.05, 4.69) is 35.6 Å². The van der Waals surface area contributed by atoms with Gasteiger partial charge in [0.2, 0.25) is 0 Å². The molecule has 0 bridgehead atoms. The molecule has 4 saturated heterocycles. The summed E-state index contributed by atoms with van der Waals surface area (Å²) in [5, 5.41) is 0. The van der Waals surface area contributed by atoms with Crippen LogP contribution in [0.2, 0.25) is 0 Å². The summed E-state index contributed by atoms with van der Waals surface area (Å²) < 4.78 is 11.1. The second-order valence-electron chi connectivity index (χ2n) is 8.97. The zero-order valence-electron chi connectivity index (χ0n) is 18.1. The van der Waals surface area contributed by atoms with Crippen LogP contribution in [0.1, 0.15) is 25.7 Å². The summed E-state index contributed by atoms with van der Waals surface area (Å²) in [5.74, 6) is 2.16. The van der Waals surface area contributed by atoms with E-state index in [-0.39, 0.29) is 0 Å². The molecular formula is C22H36N6O2. The maximum absolute atomic E-state index is 5.53. The van der Waals surface area contributed by atoms with Crippen LogP contribution < -0.4 is 9.80 Å². The molecule has 5 heterocycles. The minimum absolute atomic E-state index is 0.703. The summed E-state index contributed by atoms with van der Waals surface area (Å²) >= 11 is 0. The first-order valence-electron chi connectivity index (χ1n) is 11.8. The van der Waals surface area contributed by atoms with E-state index >= 15 is 0 Å². The maximum Gasteiger partial charge on any atom is 0.134 e. The molecule has 0 atom stereocenters. The molecule has 166 valence electrons. The van der Waals surface area contributed by atoms with Crippen LogP contribution >= 0.6 is 0 Å². The molecule has 0 unspecified atom stereocenters. The monoisotopic (exact) mass is 416 g/mol. The highest BCUT2D eigenvalue weighted by atomic mass is 16.5. The van der Waals surface area contributed by atoms with Crippen molar-refractivity contribution in [2.24, 2.45) is 0 Å². The normalized spacial score (nSPS) is 26.3. The summed E-state index contributed by atoms with van der Waals surface area (Å²) in [5.41, 5.74) is 0. The lowest BCUT2D eigenvalue weighted by molar-refractivity contribution is 0.0321. The van der Waals surface area contributed by atoms with E-state index in [0.717, 1.165) is 90.4 Å². The van der Waals surface area contributed by atoms with Crippen molar-refractivity contribution < 1.29 is 9.47 Å². The van der Waals surface area contributed by atoms with Gasteiger partial charge in [-0.15, -0.1) is 0 Å². The summed E-state index contributed by atoms with van der Waals surface area (Å²) in [6.45, 7) is 12.3. The SMILES string of the molecule is c1nc(N2CCN(C3CCOCC3)CC2)cc(N2CCN(C3CCOCC3)CC2)n1. The Labute approximate surface area is 180 Å². The Morgan fingerprint density at radius 1 is 0.600 bits per heavy atom. The average molecular weight is 417 g/mol. The van der Waals surface area contributed by atoms with Crippen molar-refractivity contribution in [2.45, 2.75) is 37.8 Å². The minimum atomic E-state index is 0.703. The first-order valence-corrected chi connectivity index (χ1v) is 11.8. The third-order valence-electron chi connectivity index (χ3n) is 7.33. The molecule has 0 saturated carbocycles. The zero-order valence-corrected chi connectivity index (χ0v) is 18.1. The van der Waals surface area contributed by atoms with E-state index in [0.29, 0.717) is 12.1 Å². The van der Waals surface area contributed by atoms with Crippen molar-refractivity contribution >= 4 is 11.6 Å². The molecule has 0 aliphatic carbocycles. The maximum atomic E-state index is 5.53. The molecule has 4 aliphatic heterocycles. The zero-order chi connectivity index (χ0) is 20.2. The van der Waals surface area contributed by atoms with Crippen molar-refractivity contribution in [3.8, 4) is 0 Å². The Balaban J connectivity index is 1.14. The Morgan fingerprint density at radius 3 is 1.40 bits per heavy atom. The number of aromatic nitrogens is 2. The molecule has 0 amide bonds. The van der Waals surface area contributed by atoms with Crippen LogP contribution in [0.5, 0.6) is 0 Å².